The summed E-state index contributed by atoms with van der Waals surface area (Å²) in [5.41, 5.74) is 3.38. The Kier molecular flexibility index (Phi) is 3.75. The van der Waals surface area contributed by atoms with Crippen LogP contribution in [0.5, 0.6) is 0 Å². The van der Waals surface area contributed by atoms with Gasteiger partial charge in [-0.2, -0.15) is 0 Å². The summed E-state index contributed by atoms with van der Waals surface area (Å²) in [6, 6.07) is 11.0. The minimum Gasteiger partial charge on any atom is -0.322 e. The SMILES string of the molecule is Cc1csc(-c2ccc(C(=O)Nc3ccncc3)cc2)n1. The zero-order chi connectivity index (χ0) is 14.7. The van der Waals surface area contributed by atoms with Gasteiger partial charge in [-0.3, -0.25) is 9.78 Å². The predicted molar refractivity (Wildman–Crippen MR) is 84.5 cm³/mol. The lowest BCUT2D eigenvalue weighted by Gasteiger charge is -2.05. The van der Waals surface area contributed by atoms with Crippen molar-refractivity contribution in [1.82, 2.24) is 9.97 Å². The average molecular weight is 295 g/mol. The van der Waals surface area contributed by atoms with Gasteiger partial charge >= 0.3 is 0 Å². The third kappa shape index (κ3) is 3.14. The van der Waals surface area contributed by atoms with Crippen molar-refractivity contribution in [3.05, 3.63) is 65.4 Å². The fourth-order valence-corrected chi connectivity index (χ4v) is 2.69. The number of thiazole rings is 1. The molecule has 1 amide bonds. The van der Waals surface area contributed by atoms with Gasteiger partial charge in [-0.05, 0) is 31.2 Å². The Hall–Kier alpha value is -2.53. The number of aryl methyl sites for hydroxylation is 1. The Morgan fingerprint density at radius 1 is 1.10 bits per heavy atom. The van der Waals surface area contributed by atoms with Gasteiger partial charge in [-0.15, -0.1) is 11.3 Å². The van der Waals surface area contributed by atoms with Gasteiger partial charge in [0, 0.05) is 40.3 Å². The first-order valence-corrected chi connectivity index (χ1v) is 7.34. The molecule has 0 radical (unpaired) electrons. The van der Waals surface area contributed by atoms with Crippen molar-refractivity contribution < 1.29 is 4.79 Å². The Labute approximate surface area is 126 Å². The van der Waals surface area contributed by atoms with Crippen molar-refractivity contribution in [1.29, 1.82) is 0 Å². The number of carbonyl (C=O) groups excluding carboxylic acids is 1. The number of hydrogen-bond donors (Lipinski definition) is 1. The number of hydrogen-bond acceptors (Lipinski definition) is 4. The molecule has 0 atom stereocenters. The summed E-state index contributed by atoms with van der Waals surface area (Å²) < 4.78 is 0. The summed E-state index contributed by atoms with van der Waals surface area (Å²) in [4.78, 5) is 20.5. The van der Waals surface area contributed by atoms with Gasteiger partial charge in [0.1, 0.15) is 5.01 Å². The highest BCUT2D eigenvalue weighted by Crippen LogP contribution is 2.23. The fraction of sp³-hybridized carbons (Fsp3) is 0.0625. The second-order valence-electron chi connectivity index (χ2n) is 4.56. The summed E-state index contributed by atoms with van der Waals surface area (Å²) in [6.45, 7) is 1.97. The summed E-state index contributed by atoms with van der Waals surface area (Å²) in [6.07, 6.45) is 3.28. The zero-order valence-corrected chi connectivity index (χ0v) is 12.2. The molecule has 0 aliphatic rings. The van der Waals surface area contributed by atoms with Gasteiger partial charge < -0.3 is 5.32 Å². The van der Waals surface area contributed by atoms with Crippen LogP contribution in [0.15, 0.2) is 54.2 Å². The predicted octanol–water partition coefficient (Wildman–Crippen LogP) is 3.77. The third-order valence-corrected chi connectivity index (χ3v) is 3.96. The standard InChI is InChI=1S/C16H13N3OS/c1-11-10-21-16(18-11)13-4-2-12(3-5-13)15(20)19-14-6-8-17-9-7-14/h2-10H,1H3,(H,17,19,20). The monoisotopic (exact) mass is 295 g/mol. The second-order valence-corrected chi connectivity index (χ2v) is 5.42. The molecule has 1 aromatic carbocycles. The Bertz CT molecular complexity index is 751. The molecule has 0 fully saturated rings. The van der Waals surface area contributed by atoms with Crippen molar-refractivity contribution in [2.45, 2.75) is 6.92 Å². The van der Waals surface area contributed by atoms with Crippen LogP contribution in [0.2, 0.25) is 0 Å². The van der Waals surface area contributed by atoms with Crippen molar-refractivity contribution >= 4 is 22.9 Å². The van der Waals surface area contributed by atoms with Crippen LogP contribution in [0.4, 0.5) is 5.69 Å². The molecule has 2 aromatic heterocycles. The largest absolute Gasteiger partial charge is 0.322 e. The summed E-state index contributed by atoms with van der Waals surface area (Å²) in [5, 5.41) is 5.81. The second kappa shape index (κ2) is 5.85. The molecule has 5 heteroatoms. The van der Waals surface area contributed by atoms with Crippen LogP contribution < -0.4 is 5.32 Å². The van der Waals surface area contributed by atoms with E-state index in [1.54, 1.807) is 35.9 Å². The van der Waals surface area contributed by atoms with Crippen LogP contribution >= 0.6 is 11.3 Å². The summed E-state index contributed by atoms with van der Waals surface area (Å²) in [5.74, 6) is -0.136. The summed E-state index contributed by atoms with van der Waals surface area (Å²) >= 11 is 1.60. The number of benzene rings is 1. The Morgan fingerprint density at radius 3 is 2.43 bits per heavy atom. The number of rotatable bonds is 3. The normalized spacial score (nSPS) is 10.3. The van der Waals surface area contributed by atoms with Crippen molar-refractivity contribution in [2.24, 2.45) is 0 Å². The van der Waals surface area contributed by atoms with Crippen molar-refractivity contribution in [2.75, 3.05) is 5.32 Å². The highest BCUT2D eigenvalue weighted by Gasteiger charge is 2.07. The molecular weight excluding hydrogens is 282 g/mol. The van der Waals surface area contributed by atoms with Crippen molar-refractivity contribution in [3.8, 4) is 10.6 Å². The van der Waals surface area contributed by atoms with Gasteiger partial charge in [-0.1, -0.05) is 12.1 Å². The maximum absolute atomic E-state index is 12.1. The number of nitrogens with zero attached hydrogens (tertiary/aromatic N) is 2. The molecule has 0 aliphatic heterocycles. The average Bonchev–Trinajstić information content (AvgIpc) is 2.95. The van der Waals surface area contributed by atoms with Gasteiger partial charge in [-0.25, -0.2) is 4.98 Å². The smallest absolute Gasteiger partial charge is 0.255 e. The molecule has 3 rings (SSSR count). The van der Waals surface area contributed by atoms with Crippen LogP contribution in [0.1, 0.15) is 16.1 Å². The number of carbonyl (C=O) groups is 1. The highest BCUT2D eigenvalue weighted by molar-refractivity contribution is 7.13. The maximum atomic E-state index is 12.1. The first kappa shape index (κ1) is 13.5. The molecule has 0 saturated heterocycles. The quantitative estimate of drug-likeness (QED) is 0.800. The molecule has 104 valence electrons. The third-order valence-electron chi connectivity index (χ3n) is 2.95. The first-order chi connectivity index (χ1) is 10.2. The molecule has 1 N–H and O–H groups in total. The van der Waals surface area contributed by atoms with E-state index in [1.165, 1.54) is 0 Å². The molecule has 0 aliphatic carbocycles. The minimum atomic E-state index is -0.136. The first-order valence-electron chi connectivity index (χ1n) is 6.46. The lowest BCUT2D eigenvalue weighted by molar-refractivity contribution is 0.102. The van der Waals surface area contributed by atoms with Crippen LogP contribution in [-0.4, -0.2) is 15.9 Å². The van der Waals surface area contributed by atoms with Gasteiger partial charge in [0.15, 0.2) is 0 Å². The fourth-order valence-electron chi connectivity index (χ4n) is 1.89. The van der Waals surface area contributed by atoms with Crippen LogP contribution in [0.3, 0.4) is 0 Å². The molecule has 4 nitrogen and oxygen atoms in total. The maximum Gasteiger partial charge on any atom is 0.255 e. The van der Waals surface area contributed by atoms with Crippen LogP contribution in [-0.2, 0) is 0 Å². The number of pyridine rings is 1. The Balaban J connectivity index is 1.76. The zero-order valence-electron chi connectivity index (χ0n) is 11.4. The van der Waals surface area contributed by atoms with E-state index in [-0.39, 0.29) is 5.91 Å². The molecule has 21 heavy (non-hydrogen) atoms. The van der Waals surface area contributed by atoms with E-state index < -0.39 is 0 Å². The lowest BCUT2D eigenvalue weighted by Crippen LogP contribution is -2.11. The van der Waals surface area contributed by atoms with E-state index in [1.807, 2.05) is 36.6 Å². The number of anilines is 1. The van der Waals surface area contributed by atoms with E-state index >= 15 is 0 Å². The minimum absolute atomic E-state index is 0.136. The van der Waals surface area contributed by atoms with Gasteiger partial charge in [0.25, 0.3) is 5.91 Å². The number of aromatic nitrogens is 2. The topological polar surface area (TPSA) is 54.9 Å². The Morgan fingerprint density at radius 2 is 1.81 bits per heavy atom. The molecule has 0 saturated carbocycles. The molecule has 2 heterocycles. The van der Waals surface area contributed by atoms with Crippen molar-refractivity contribution in [3.63, 3.8) is 0 Å². The highest BCUT2D eigenvalue weighted by atomic mass is 32.1. The van der Waals surface area contributed by atoms with E-state index in [0.717, 1.165) is 22.0 Å². The molecule has 0 unspecified atom stereocenters. The summed E-state index contributed by atoms with van der Waals surface area (Å²) in [7, 11) is 0. The molecule has 3 aromatic rings. The van der Waals surface area contributed by atoms with Crippen LogP contribution in [0.25, 0.3) is 10.6 Å². The van der Waals surface area contributed by atoms with Gasteiger partial charge in [0.05, 0.1) is 0 Å². The van der Waals surface area contributed by atoms with E-state index in [4.69, 9.17) is 0 Å². The van der Waals surface area contributed by atoms with Crippen LogP contribution in [0, 0.1) is 6.92 Å². The number of nitrogens with one attached hydrogen (secondary N) is 1. The van der Waals surface area contributed by atoms with Gasteiger partial charge in [0.2, 0.25) is 0 Å². The lowest BCUT2D eigenvalue weighted by atomic mass is 10.1. The molecule has 0 bridgehead atoms. The van der Waals surface area contributed by atoms with E-state index in [9.17, 15) is 4.79 Å². The van der Waals surface area contributed by atoms with E-state index in [2.05, 4.69) is 15.3 Å². The number of amides is 1. The molecule has 0 spiro atoms. The molecular formula is C16H13N3OS. The van der Waals surface area contributed by atoms with E-state index in [0.29, 0.717) is 5.56 Å².